The molecule has 3 saturated heterocycles. The van der Waals surface area contributed by atoms with Crippen molar-refractivity contribution in [2.75, 3.05) is 32.8 Å². The quantitative estimate of drug-likeness (QED) is 0.797. The van der Waals surface area contributed by atoms with Gasteiger partial charge < -0.3 is 14.5 Å². The molecular weight excluding hydrogens is 292 g/mol. The highest BCUT2D eigenvalue weighted by atomic mass is 16.5. The molecule has 0 unspecified atom stereocenters. The van der Waals surface area contributed by atoms with Gasteiger partial charge in [-0.25, -0.2) is 0 Å². The molecule has 3 heterocycles. The summed E-state index contributed by atoms with van der Waals surface area (Å²) in [6.07, 6.45) is 8.18. The summed E-state index contributed by atoms with van der Waals surface area (Å²) in [7, 11) is 0. The van der Waals surface area contributed by atoms with Crippen LogP contribution in [0.15, 0.2) is 0 Å². The Balaban J connectivity index is 1.43. The summed E-state index contributed by atoms with van der Waals surface area (Å²) in [6, 6.07) is 0. The minimum atomic E-state index is 0.0425. The highest BCUT2D eigenvalue weighted by Gasteiger charge is 2.47. The fourth-order valence-corrected chi connectivity index (χ4v) is 4.63. The molecule has 5 heteroatoms. The first kappa shape index (κ1) is 15.4. The van der Waals surface area contributed by atoms with Gasteiger partial charge in [0.1, 0.15) is 0 Å². The lowest BCUT2D eigenvalue weighted by atomic mass is 9.87. The molecule has 4 rings (SSSR count). The van der Waals surface area contributed by atoms with Crippen LogP contribution in [0.1, 0.15) is 51.4 Å². The first-order valence-corrected chi connectivity index (χ1v) is 9.35. The number of carbonyl (C=O) groups is 2. The number of hydrogen-bond acceptors (Lipinski definition) is 3. The van der Waals surface area contributed by atoms with E-state index in [1.54, 1.807) is 0 Å². The summed E-state index contributed by atoms with van der Waals surface area (Å²) in [6.45, 7) is 3.93. The monoisotopic (exact) mass is 320 g/mol. The summed E-state index contributed by atoms with van der Waals surface area (Å²) >= 11 is 0. The SMILES string of the molecule is O=C([C@@H]1CCOC1)N1CCC[C@@]2(CCC(=O)N2CC2CC2)CC1. The summed E-state index contributed by atoms with van der Waals surface area (Å²) in [5, 5.41) is 0. The van der Waals surface area contributed by atoms with Gasteiger partial charge in [-0.05, 0) is 50.9 Å². The number of rotatable bonds is 3. The molecule has 4 aliphatic rings. The van der Waals surface area contributed by atoms with E-state index in [1.807, 2.05) is 4.90 Å². The molecule has 0 radical (unpaired) electrons. The van der Waals surface area contributed by atoms with Crippen LogP contribution in [0.4, 0.5) is 0 Å². The molecule has 1 aliphatic carbocycles. The van der Waals surface area contributed by atoms with E-state index in [2.05, 4.69) is 4.90 Å². The van der Waals surface area contributed by atoms with E-state index in [0.717, 1.165) is 64.3 Å². The van der Waals surface area contributed by atoms with Crippen LogP contribution < -0.4 is 0 Å². The molecule has 0 aromatic heterocycles. The second-order valence-corrected chi connectivity index (χ2v) is 7.91. The molecular formula is C18H28N2O3. The third-order valence-corrected chi connectivity index (χ3v) is 6.32. The minimum Gasteiger partial charge on any atom is -0.381 e. The second-order valence-electron chi connectivity index (χ2n) is 7.91. The maximum absolute atomic E-state index is 12.7. The Morgan fingerprint density at radius 2 is 2.04 bits per heavy atom. The van der Waals surface area contributed by atoms with Gasteiger partial charge in [0.05, 0.1) is 12.5 Å². The van der Waals surface area contributed by atoms with Crippen LogP contribution in [0.3, 0.4) is 0 Å². The molecule has 0 N–H and O–H groups in total. The number of likely N-dealkylation sites (tertiary alicyclic amines) is 2. The van der Waals surface area contributed by atoms with Gasteiger partial charge >= 0.3 is 0 Å². The van der Waals surface area contributed by atoms with E-state index >= 15 is 0 Å². The first-order chi connectivity index (χ1) is 11.2. The van der Waals surface area contributed by atoms with E-state index in [4.69, 9.17) is 4.74 Å². The lowest BCUT2D eigenvalue weighted by Crippen LogP contribution is -2.47. The van der Waals surface area contributed by atoms with Crippen molar-refractivity contribution in [3.05, 3.63) is 0 Å². The van der Waals surface area contributed by atoms with Gasteiger partial charge in [0.15, 0.2) is 0 Å². The lowest BCUT2D eigenvalue weighted by molar-refractivity contribution is -0.135. The molecule has 5 nitrogen and oxygen atoms in total. The fraction of sp³-hybridized carbons (Fsp3) is 0.889. The number of ether oxygens (including phenoxy) is 1. The zero-order valence-corrected chi connectivity index (χ0v) is 14.0. The van der Waals surface area contributed by atoms with Gasteiger partial charge in [-0.1, -0.05) is 0 Å². The predicted molar refractivity (Wildman–Crippen MR) is 85.8 cm³/mol. The first-order valence-electron chi connectivity index (χ1n) is 9.35. The molecule has 1 spiro atoms. The van der Waals surface area contributed by atoms with E-state index in [0.29, 0.717) is 18.9 Å². The average Bonchev–Trinajstić information content (AvgIpc) is 3.18. The van der Waals surface area contributed by atoms with Crippen LogP contribution in [-0.4, -0.2) is 60.0 Å². The topological polar surface area (TPSA) is 49.9 Å². The Hall–Kier alpha value is -1.10. The molecule has 23 heavy (non-hydrogen) atoms. The van der Waals surface area contributed by atoms with E-state index in [1.165, 1.54) is 12.8 Å². The van der Waals surface area contributed by atoms with E-state index in [-0.39, 0.29) is 17.4 Å². The molecule has 4 fully saturated rings. The van der Waals surface area contributed by atoms with Gasteiger partial charge in [-0.3, -0.25) is 9.59 Å². The molecule has 128 valence electrons. The Morgan fingerprint density at radius 3 is 2.78 bits per heavy atom. The van der Waals surface area contributed by atoms with Gasteiger partial charge in [-0.2, -0.15) is 0 Å². The summed E-state index contributed by atoms with van der Waals surface area (Å²) < 4.78 is 5.37. The van der Waals surface area contributed by atoms with Crippen LogP contribution in [0, 0.1) is 11.8 Å². The molecule has 0 bridgehead atoms. The maximum atomic E-state index is 12.7. The molecule has 3 aliphatic heterocycles. The number of carbonyl (C=O) groups excluding carboxylic acids is 2. The highest BCUT2D eigenvalue weighted by molar-refractivity contribution is 5.80. The summed E-state index contributed by atoms with van der Waals surface area (Å²) in [5.74, 6) is 1.43. The predicted octanol–water partition coefficient (Wildman–Crippen LogP) is 1.81. The van der Waals surface area contributed by atoms with Crippen molar-refractivity contribution in [1.82, 2.24) is 9.80 Å². The van der Waals surface area contributed by atoms with Crippen molar-refractivity contribution in [2.24, 2.45) is 11.8 Å². The Kier molecular flexibility index (Phi) is 4.08. The van der Waals surface area contributed by atoms with Crippen LogP contribution in [-0.2, 0) is 14.3 Å². The highest BCUT2D eigenvalue weighted by Crippen LogP contribution is 2.42. The van der Waals surface area contributed by atoms with Crippen molar-refractivity contribution in [1.29, 1.82) is 0 Å². The Bertz CT molecular complexity index is 485. The minimum absolute atomic E-state index is 0.0425. The number of hydrogen-bond donors (Lipinski definition) is 0. The molecule has 0 aromatic rings. The Labute approximate surface area is 138 Å². The zero-order valence-electron chi connectivity index (χ0n) is 14.0. The molecule has 2 atom stereocenters. The Morgan fingerprint density at radius 1 is 1.17 bits per heavy atom. The summed E-state index contributed by atoms with van der Waals surface area (Å²) in [5.41, 5.74) is 0.0425. The van der Waals surface area contributed by atoms with Gasteiger partial charge in [-0.15, -0.1) is 0 Å². The fourth-order valence-electron chi connectivity index (χ4n) is 4.63. The van der Waals surface area contributed by atoms with Gasteiger partial charge in [0.25, 0.3) is 0 Å². The van der Waals surface area contributed by atoms with Crippen molar-refractivity contribution >= 4 is 11.8 Å². The van der Waals surface area contributed by atoms with Crippen LogP contribution in [0.25, 0.3) is 0 Å². The van der Waals surface area contributed by atoms with Crippen LogP contribution in [0.2, 0.25) is 0 Å². The maximum Gasteiger partial charge on any atom is 0.228 e. The standard InChI is InChI=1S/C18H28N2O3/c21-16-4-7-18(20(16)12-14-2-3-14)6-1-9-19(10-8-18)17(22)15-5-11-23-13-15/h14-15H,1-13H2/t15-,18-/m1/s1. The molecule has 1 saturated carbocycles. The van der Waals surface area contributed by atoms with Crippen LogP contribution in [0.5, 0.6) is 0 Å². The molecule has 2 amide bonds. The van der Waals surface area contributed by atoms with Crippen molar-refractivity contribution in [2.45, 2.75) is 56.9 Å². The smallest absolute Gasteiger partial charge is 0.228 e. The lowest BCUT2D eigenvalue weighted by Gasteiger charge is -2.38. The van der Waals surface area contributed by atoms with Gasteiger partial charge in [0.2, 0.25) is 11.8 Å². The third kappa shape index (κ3) is 3.00. The number of amides is 2. The third-order valence-electron chi connectivity index (χ3n) is 6.32. The van der Waals surface area contributed by atoms with Crippen molar-refractivity contribution in [3.8, 4) is 0 Å². The van der Waals surface area contributed by atoms with Gasteiger partial charge in [0, 0.05) is 38.2 Å². The number of nitrogens with zero attached hydrogens (tertiary/aromatic N) is 2. The summed E-state index contributed by atoms with van der Waals surface area (Å²) in [4.78, 5) is 29.3. The average molecular weight is 320 g/mol. The van der Waals surface area contributed by atoms with Crippen LogP contribution >= 0.6 is 0 Å². The normalized spacial score (nSPS) is 35.1. The molecule has 0 aromatic carbocycles. The van der Waals surface area contributed by atoms with Crippen molar-refractivity contribution in [3.63, 3.8) is 0 Å². The second kappa shape index (κ2) is 6.08. The van der Waals surface area contributed by atoms with E-state index < -0.39 is 0 Å². The van der Waals surface area contributed by atoms with Crippen molar-refractivity contribution < 1.29 is 14.3 Å². The zero-order chi connectivity index (χ0) is 15.9. The largest absolute Gasteiger partial charge is 0.381 e. The van der Waals surface area contributed by atoms with E-state index in [9.17, 15) is 9.59 Å².